The van der Waals surface area contributed by atoms with Gasteiger partial charge in [-0.05, 0) is 12.3 Å². The highest BCUT2D eigenvalue weighted by atomic mass is 35.5. The zero-order chi connectivity index (χ0) is 10.8. The van der Waals surface area contributed by atoms with Gasteiger partial charge in [0.2, 0.25) is 0 Å². The second kappa shape index (κ2) is 4.14. The van der Waals surface area contributed by atoms with E-state index >= 15 is 0 Å². The van der Waals surface area contributed by atoms with E-state index in [-0.39, 0.29) is 0 Å². The SMILES string of the molecule is CC(C)CCn1cnc2c(Cl)nncc21. The first kappa shape index (κ1) is 10.4. The number of hydrogen-bond acceptors (Lipinski definition) is 3. The van der Waals surface area contributed by atoms with E-state index in [1.165, 1.54) is 0 Å². The van der Waals surface area contributed by atoms with Crippen molar-refractivity contribution < 1.29 is 0 Å². The molecule has 0 aliphatic carbocycles. The Morgan fingerprint density at radius 2 is 2.27 bits per heavy atom. The van der Waals surface area contributed by atoms with E-state index < -0.39 is 0 Å². The average Bonchev–Trinajstić information content (AvgIpc) is 2.59. The molecule has 0 amide bonds. The molecule has 80 valence electrons. The van der Waals surface area contributed by atoms with Gasteiger partial charge in [0.1, 0.15) is 5.52 Å². The normalized spacial score (nSPS) is 11.5. The Morgan fingerprint density at radius 1 is 1.47 bits per heavy atom. The van der Waals surface area contributed by atoms with E-state index in [4.69, 9.17) is 11.6 Å². The Labute approximate surface area is 93.3 Å². The summed E-state index contributed by atoms with van der Waals surface area (Å²) in [6, 6.07) is 0. The lowest BCUT2D eigenvalue weighted by molar-refractivity contribution is 0.522. The number of aryl methyl sites for hydroxylation is 1. The number of halogens is 1. The molecule has 2 aromatic heterocycles. The molecule has 0 radical (unpaired) electrons. The fourth-order valence-electron chi connectivity index (χ4n) is 1.44. The molecule has 0 atom stereocenters. The van der Waals surface area contributed by atoms with Gasteiger partial charge in [0.05, 0.1) is 18.0 Å². The molecule has 0 aromatic carbocycles. The Balaban J connectivity index is 2.33. The first-order valence-corrected chi connectivity index (χ1v) is 5.38. The lowest BCUT2D eigenvalue weighted by Gasteiger charge is -2.05. The molecule has 0 spiro atoms. The largest absolute Gasteiger partial charge is 0.329 e. The quantitative estimate of drug-likeness (QED) is 0.805. The van der Waals surface area contributed by atoms with Crippen LogP contribution in [0, 0.1) is 5.92 Å². The maximum absolute atomic E-state index is 5.88. The van der Waals surface area contributed by atoms with Crippen LogP contribution in [0.1, 0.15) is 20.3 Å². The highest BCUT2D eigenvalue weighted by Gasteiger charge is 2.07. The van der Waals surface area contributed by atoms with Crippen LogP contribution in [0.5, 0.6) is 0 Å². The number of nitrogens with zero attached hydrogens (tertiary/aromatic N) is 4. The summed E-state index contributed by atoms with van der Waals surface area (Å²) in [5.74, 6) is 0.674. The Bertz CT molecular complexity index is 463. The van der Waals surface area contributed by atoms with E-state index in [1.807, 2.05) is 0 Å². The zero-order valence-corrected chi connectivity index (χ0v) is 9.57. The molecular weight excluding hydrogens is 212 g/mol. The first-order valence-electron chi connectivity index (χ1n) is 5.00. The third-order valence-corrected chi connectivity index (χ3v) is 2.60. The topological polar surface area (TPSA) is 43.6 Å². The van der Waals surface area contributed by atoms with E-state index in [1.54, 1.807) is 12.5 Å². The molecule has 0 fully saturated rings. The minimum Gasteiger partial charge on any atom is -0.329 e. The van der Waals surface area contributed by atoms with Crippen LogP contribution in [0.15, 0.2) is 12.5 Å². The van der Waals surface area contributed by atoms with Crippen LogP contribution in [-0.4, -0.2) is 19.7 Å². The van der Waals surface area contributed by atoms with Crippen LogP contribution in [0.2, 0.25) is 5.15 Å². The molecule has 0 aliphatic heterocycles. The summed E-state index contributed by atoms with van der Waals surface area (Å²) >= 11 is 5.88. The summed E-state index contributed by atoms with van der Waals surface area (Å²) in [6.07, 6.45) is 4.61. The third-order valence-electron chi connectivity index (χ3n) is 2.35. The van der Waals surface area contributed by atoms with Crippen LogP contribution in [0.4, 0.5) is 0 Å². The van der Waals surface area contributed by atoms with Gasteiger partial charge in [0, 0.05) is 6.54 Å². The van der Waals surface area contributed by atoms with Crippen molar-refractivity contribution in [2.45, 2.75) is 26.8 Å². The van der Waals surface area contributed by atoms with Crippen LogP contribution in [0.3, 0.4) is 0 Å². The lowest BCUT2D eigenvalue weighted by atomic mass is 10.1. The number of fused-ring (bicyclic) bond motifs is 1. The summed E-state index contributed by atoms with van der Waals surface area (Å²) in [4.78, 5) is 4.22. The molecular formula is C10H13ClN4. The molecule has 4 nitrogen and oxygen atoms in total. The van der Waals surface area contributed by atoms with Crippen LogP contribution in [-0.2, 0) is 6.54 Å². The van der Waals surface area contributed by atoms with Crippen LogP contribution in [0.25, 0.3) is 11.0 Å². The van der Waals surface area contributed by atoms with E-state index in [2.05, 4.69) is 33.6 Å². The zero-order valence-electron chi connectivity index (χ0n) is 8.81. The standard InChI is InChI=1S/C10H13ClN4/c1-7(2)3-4-15-6-12-9-8(15)5-13-14-10(9)11/h5-7H,3-4H2,1-2H3. The predicted octanol–water partition coefficient (Wildman–Crippen LogP) is 2.53. The molecule has 0 saturated heterocycles. The van der Waals surface area contributed by atoms with Gasteiger partial charge in [-0.3, -0.25) is 0 Å². The monoisotopic (exact) mass is 224 g/mol. The molecule has 2 rings (SSSR count). The van der Waals surface area contributed by atoms with Crippen molar-refractivity contribution in [1.82, 2.24) is 19.7 Å². The number of imidazole rings is 1. The molecule has 0 aliphatic rings. The van der Waals surface area contributed by atoms with Crippen molar-refractivity contribution in [2.24, 2.45) is 5.92 Å². The van der Waals surface area contributed by atoms with Gasteiger partial charge >= 0.3 is 0 Å². The minimum absolute atomic E-state index is 0.371. The van der Waals surface area contributed by atoms with Gasteiger partial charge in [-0.25, -0.2) is 4.98 Å². The number of rotatable bonds is 3. The van der Waals surface area contributed by atoms with E-state index in [0.717, 1.165) is 24.0 Å². The Kier molecular flexibility index (Phi) is 2.86. The minimum atomic E-state index is 0.371. The fourth-order valence-corrected chi connectivity index (χ4v) is 1.63. The fraction of sp³-hybridized carbons (Fsp3) is 0.500. The molecule has 2 heterocycles. The maximum Gasteiger partial charge on any atom is 0.179 e. The van der Waals surface area contributed by atoms with Gasteiger partial charge in [-0.1, -0.05) is 25.4 Å². The second-order valence-corrected chi connectivity index (χ2v) is 4.35. The van der Waals surface area contributed by atoms with Crippen molar-refractivity contribution in [3.63, 3.8) is 0 Å². The third kappa shape index (κ3) is 2.09. The van der Waals surface area contributed by atoms with E-state index in [9.17, 15) is 0 Å². The average molecular weight is 225 g/mol. The number of aromatic nitrogens is 4. The Hall–Kier alpha value is -1.16. The van der Waals surface area contributed by atoms with Crippen molar-refractivity contribution in [3.05, 3.63) is 17.7 Å². The van der Waals surface area contributed by atoms with Gasteiger partial charge < -0.3 is 4.57 Å². The van der Waals surface area contributed by atoms with Crippen molar-refractivity contribution >= 4 is 22.6 Å². The molecule has 0 N–H and O–H groups in total. The van der Waals surface area contributed by atoms with Crippen LogP contribution < -0.4 is 0 Å². The summed E-state index contributed by atoms with van der Waals surface area (Å²) in [5, 5.41) is 7.96. The first-order chi connectivity index (χ1) is 7.18. The molecule has 15 heavy (non-hydrogen) atoms. The van der Waals surface area contributed by atoms with Gasteiger partial charge in [-0.2, -0.15) is 5.10 Å². The van der Waals surface area contributed by atoms with Crippen molar-refractivity contribution in [1.29, 1.82) is 0 Å². The van der Waals surface area contributed by atoms with Gasteiger partial charge in [0.25, 0.3) is 0 Å². The Morgan fingerprint density at radius 3 is 3.00 bits per heavy atom. The summed E-state index contributed by atoms with van der Waals surface area (Å²) in [6.45, 7) is 5.34. The molecule has 2 aromatic rings. The number of hydrogen-bond donors (Lipinski definition) is 0. The maximum atomic E-state index is 5.88. The predicted molar refractivity (Wildman–Crippen MR) is 59.8 cm³/mol. The molecule has 0 unspecified atom stereocenters. The van der Waals surface area contributed by atoms with Crippen molar-refractivity contribution in [3.8, 4) is 0 Å². The highest BCUT2D eigenvalue weighted by molar-refractivity contribution is 6.33. The van der Waals surface area contributed by atoms with Gasteiger partial charge in [-0.15, -0.1) is 5.10 Å². The summed E-state index contributed by atoms with van der Waals surface area (Å²) < 4.78 is 2.07. The smallest absolute Gasteiger partial charge is 0.179 e. The van der Waals surface area contributed by atoms with Crippen LogP contribution >= 0.6 is 11.6 Å². The van der Waals surface area contributed by atoms with Crippen molar-refractivity contribution in [2.75, 3.05) is 0 Å². The highest BCUT2D eigenvalue weighted by Crippen LogP contribution is 2.18. The van der Waals surface area contributed by atoms with Gasteiger partial charge in [0.15, 0.2) is 5.15 Å². The summed E-state index contributed by atoms with van der Waals surface area (Å²) in [7, 11) is 0. The molecule has 0 saturated carbocycles. The summed E-state index contributed by atoms with van der Waals surface area (Å²) in [5.41, 5.74) is 1.69. The lowest BCUT2D eigenvalue weighted by Crippen LogP contribution is -2.00. The second-order valence-electron chi connectivity index (χ2n) is 3.99. The molecule has 5 heteroatoms. The molecule has 0 bridgehead atoms. The van der Waals surface area contributed by atoms with E-state index in [0.29, 0.717) is 11.1 Å².